The van der Waals surface area contributed by atoms with Gasteiger partial charge in [0.15, 0.2) is 5.82 Å². The van der Waals surface area contributed by atoms with Gasteiger partial charge in [0.05, 0.1) is 4.92 Å². The number of halogens is 1. The maximum atomic E-state index is 13.5. The molecule has 0 aromatic heterocycles. The topological polar surface area (TPSA) is 86.8 Å². The molecule has 0 spiro atoms. The van der Waals surface area contributed by atoms with E-state index in [4.69, 9.17) is 0 Å². The second-order valence-electron chi connectivity index (χ2n) is 5.14. The highest BCUT2D eigenvalue weighted by Crippen LogP contribution is 2.31. The zero-order valence-electron chi connectivity index (χ0n) is 11.6. The lowest BCUT2D eigenvalue weighted by molar-refractivity contribution is -0.386. The van der Waals surface area contributed by atoms with Gasteiger partial charge < -0.3 is 14.9 Å². The summed E-state index contributed by atoms with van der Waals surface area (Å²) >= 11 is 0. The van der Waals surface area contributed by atoms with Crippen LogP contribution in [0.1, 0.15) is 18.4 Å². The highest BCUT2D eigenvalue weighted by Gasteiger charge is 2.22. The summed E-state index contributed by atoms with van der Waals surface area (Å²) < 4.78 is 13.5. The van der Waals surface area contributed by atoms with Crippen LogP contribution in [0, 0.1) is 15.9 Å². The average Bonchev–Trinajstić information content (AvgIpc) is 2.42. The first-order valence-corrected chi connectivity index (χ1v) is 6.67. The Morgan fingerprint density at radius 2 is 2.24 bits per heavy atom. The molecule has 1 aromatic carbocycles. The summed E-state index contributed by atoms with van der Waals surface area (Å²) in [5.74, 6) is -1.96. The van der Waals surface area contributed by atoms with E-state index in [0.717, 1.165) is 37.1 Å². The van der Waals surface area contributed by atoms with Crippen LogP contribution in [-0.4, -0.2) is 40.0 Å². The number of aromatic hydroxyl groups is 1. The van der Waals surface area contributed by atoms with Crippen LogP contribution in [0.15, 0.2) is 17.7 Å². The van der Waals surface area contributed by atoms with E-state index in [-0.39, 0.29) is 0 Å². The van der Waals surface area contributed by atoms with Gasteiger partial charge in [0, 0.05) is 12.6 Å². The minimum atomic E-state index is -1.01. The Hall–Kier alpha value is -1.93. The monoisotopic (exact) mass is 294 g/mol. The Bertz CT molecular complexity index is 592. The predicted octanol–water partition coefficient (Wildman–Crippen LogP) is 2.03. The van der Waals surface area contributed by atoms with Gasteiger partial charge in [-0.2, -0.15) is 0 Å². The number of phenolic OH excluding ortho intramolecular Hbond substituents is 1. The molecule has 0 aliphatic carbocycles. The van der Waals surface area contributed by atoms with Gasteiger partial charge in [-0.25, -0.2) is 4.39 Å². The Labute approximate surface area is 121 Å². The van der Waals surface area contributed by atoms with Crippen molar-refractivity contribution in [2.24, 2.45) is 0 Å². The minimum absolute atomic E-state index is 0.333. The van der Waals surface area contributed by atoms with Crippen molar-refractivity contribution in [2.45, 2.75) is 19.7 Å². The average molecular weight is 294 g/mol. The first-order valence-electron chi connectivity index (χ1n) is 6.67. The van der Waals surface area contributed by atoms with E-state index < -0.39 is 29.2 Å². The number of nitro benzene ring substituents is 1. The van der Waals surface area contributed by atoms with Crippen molar-refractivity contribution in [1.29, 1.82) is 0 Å². The van der Waals surface area contributed by atoms with Crippen molar-refractivity contribution in [3.63, 3.8) is 0 Å². The molecule has 0 atom stereocenters. The normalized spacial score (nSPS) is 18.0. The van der Waals surface area contributed by atoms with Crippen molar-refractivity contribution >= 4 is 18.8 Å². The smallest absolute Gasteiger partial charge is 0.376 e. The van der Waals surface area contributed by atoms with Crippen LogP contribution in [0.25, 0.3) is 6.08 Å². The van der Waals surface area contributed by atoms with E-state index in [1.807, 2.05) is 4.81 Å². The molecule has 2 rings (SSSR count). The number of benzene rings is 1. The molecule has 0 saturated carbocycles. The lowest BCUT2D eigenvalue weighted by Gasteiger charge is -2.29. The van der Waals surface area contributed by atoms with Crippen LogP contribution in [0.3, 0.4) is 0 Å². The van der Waals surface area contributed by atoms with E-state index in [1.54, 1.807) is 12.9 Å². The predicted molar refractivity (Wildman–Crippen MR) is 77.3 cm³/mol. The van der Waals surface area contributed by atoms with Gasteiger partial charge in [-0.1, -0.05) is 11.6 Å². The molecule has 0 amide bonds. The first-order chi connectivity index (χ1) is 9.88. The Morgan fingerprint density at radius 1 is 1.52 bits per heavy atom. The van der Waals surface area contributed by atoms with Gasteiger partial charge in [-0.3, -0.25) is 10.1 Å². The van der Waals surface area contributed by atoms with E-state index in [9.17, 15) is 24.6 Å². The molecule has 1 aliphatic heterocycles. The third kappa shape index (κ3) is 3.59. The number of nitro groups is 1. The van der Waals surface area contributed by atoms with Crippen LogP contribution >= 0.6 is 0 Å². The summed E-state index contributed by atoms with van der Waals surface area (Å²) in [4.78, 5) is 11.8. The molecule has 1 saturated heterocycles. The summed E-state index contributed by atoms with van der Waals surface area (Å²) in [6, 6.07) is 2.21. The molecule has 1 heterocycles. The maximum Gasteiger partial charge on any atom is 0.376 e. The zero-order valence-corrected chi connectivity index (χ0v) is 11.6. The van der Waals surface area contributed by atoms with Crippen LogP contribution in [-0.2, 0) is 0 Å². The summed E-state index contributed by atoms with van der Waals surface area (Å²) in [6.45, 7) is 2.99. The molecule has 1 aliphatic rings. The summed E-state index contributed by atoms with van der Waals surface area (Å²) in [7, 11) is -0.570. The molecule has 1 fully saturated rings. The number of hydrogen-bond donors (Lipinski definition) is 2. The summed E-state index contributed by atoms with van der Waals surface area (Å²) in [5, 5.41) is 29.7. The maximum absolute atomic E-state index is 13.5. The molecule has 6 nitrogen and oxygen atoms in total. The Balaban J connectivity index is 2.30. The molecule has 8 heteroatoms. The third-order valence-corrected chi connectivity index (χ3v) is 3.51. The van der Waals surface area contributed by atoms with Crippen molar-refractivity contribution in [2.75, 3.05) is 13.1 Å². The van der Waals surface area contributed by atoms with E-state index in [0.29, 0.717) is 12.1 Å². The molecule has 21 heavy (non-hydrogen) atoms. The number of hydrogen-bond acceptors (Lipinski definition) is 5. The minimum Gasteiger partial charge on any atom is -0.500 e. The highest BCUT2D eigenvalue weighted by atomic mass is 19.1. The third-order valence-electron chi connectivity index (χ3n) is 3.51. The van der Waals surface area contributed by atoms with E-state index in [1.165, 1.54) is 0 Å². The van der Waals surface area contributed by atoms with Crippen molar-refractivity contribution in [3.8, 4) is 5.75 Å². The van der Waals surface area contributed by atoms with Crippen molar-refractivity contribution < 1.29 is 19.4 Å². The molecule has 112 valence electrons. The van der Waals surface area contributed by atoms with Gasteiger partial charge in [-0.15, -0.1) is 0 Å². The number of nitrogens with zero attached hydrogens (tertiary/aromatic N) is 2. The molecule has 1 aromatic rings. The summed E-state index contributed by atoms with van der Waals surface area (Å²) in [5.41, 5.74) is 0.644. The van der Waals surface area contributed by atoms with Gasteiger partial charge in [0.1, 0.15) is 0 Å². The van der Waals surface area contributed by atoms with Gasteiger partial charge >= 0.3 is 12.7 Å². The highest BCUT2D eigenvalue weighted by molar-refractivity contribution is 6.45. The number of rotatable bonds is 3. The Kier molecular flexibility index (Phi) is 4.59. The molecule has 2 N–H and O–H groups in total. The zero-order chi connectivity index (χ0) is 15.6. The molecular formula is C13H16BFN2O4. The second-order valence-corrected chi connectivity index (χ2v) is 5.14. The van der Waals surface area contributed by atoms with Crippen LogP contribution < -0.4 is 0 Å². The first kappa shape index (κ1) is 15.5. The van der Waals surface area contributed by atoms with Gasteiger partial charge in [0.2, 0.25) is 5.75 Å². The second kappa shape index (κ2) is 6.23. The van der Waals surface area contributed by atoms with E-state index in [2.05, 4.69) is 0 Å². The molecular weight excluding hydrogens is 278 g/mol. The van der Waals surface area contributed by atoms with Crippen LogP contribution in [0.5, 0.6) is 5.75 Å². The fourth-order valence-electron chi connectivity index (χ4n) is 2.43. The lowest BCUT2D eigenvalue weighted by Crippen LogP contribution is -2.41. The lowest BCUT2D eigenvalue weighted by atomic mass is 9.82. The van der Waals surface area contributed by atoms with Crippen LogP contribution in [0.4, 0.5) is 10.1 Å². The molecule has 0 unspecified atom stereocenters. The van der Waals surface area contributed by atoms with Crippen molar-refractivity contribution in [3.05, 3.63) is 39.2 Å². The standard InChI is InChI=1S/C13H16BFN2O4/c1-14(19)16-4-2-3-9(8-16)5-10-6-11(15)13(18)12(7-10)17(20)21/h5-7,18-19H,2-4,8H2,1H3/b9-5+. The van der Waals surface area contributed by atoms with Gasteiger partial charge in [0.25, 0.3) is 0 Å². The molecule has 0 bridgehead atoms. The van der Waals surface area contributed by atoms with Crippen molar-refractivity contribution in [1.82, 2.24) is 4.81 Å². The fraction of sp³-hybridized carbons (Fsp3) is 0.385. The Morgan fingerprint density at radius 3 is 2.86 bits per heavy atom. The van der Waals surface area contributed by atoms with Crippen LogP contribution in [0.2, 0.25) is 6.82 Å². The largest absolute Gasteiger partial charge is 0.500 e. The SMILES string of the molecule is CB(O)N1CCC/C(=C\c2cc(F)c(O)c([N+](=O)[O-])c2)C1. The van der Waals surface area contributed by atoms with E-state index >= 15 is 0 Å². The molecule has 0 radical (unpaired) electrons. The quantitative estimate of drug-likeness (QED) is 0.506. The van der Waals surface area contributed by atoms with Gasteiger partial charge in [-0.05, 0) is 37.8 Å². The summed E-state index contributed by atoms with van der Waals surface area (Å²) in [6.07, 6.45) is 3.32. The number of phenols is 1. The fourth-order valence-corrected chi connectivity index (χ4v) is 2.43. The number of piperidine rings is 1.